The fourth-order valence-corrected chi connectivity index (χ4v) is 4.97. The number of aldehydes is 1. The lowest BCUT2D eigenvalue weighted by molar-refractivity contribution is -0.117. The third-order valence-corrected chi connectivity index (χ3v) is 11.3. The average Bonchev–Trinajstić information content (AvgIpc) is 2.62. The van der Waals surface area contributed by atoms with Crippen molar-refractivity contribution in [2.75, 3.05) is 7.11 Å². The normalized spacial score (nSPS) is 25.6. The lowest BCUT2D eigenvalue weighted by atomic mass is 9.88. The zero-order valence-electron chi connectivity index (χ0n) is 21.1. The van der Waals surface area contributed by atoms with Gasteiger partial charge in [-0.2, -0.15) is 0 Å². The summed E-state index contributed by atoms with van der Waals surface area (Å²) in [5.41, 5.74) is 0. The van der Waals surface area contributed by atoms with Crippen LogP contribution >= 0.6 is 0 Å². The van der Waals surface area contributed by atoms with Gasteiger partial charge in [-0.3, -0.25) is 0 Å². The average molecular weight is 441 g/mol. The second-order valence-electron chi connectivity index (χ2n) is 11.1. The number of methoxy groups -OCH3 is 1. The minimum absolute atomic E-state index is 0.0566. The van der Waals surface area contributed by atoms with Crippen molar-refractivity contribution in [3.05, 3.63) is 12.2 Å². The number of hydrogen-bond acceptors (Lipinski definition) is 4. The van der Waals surface area contributed by atoms with E-state index in [4.69, 9.17) is 13.9 Å². The Morgan fingerprint density at radius 3 is 2.33 bits per heavy atom. The van der Waals surface area contributed by atoms with E-state index in [2.05, 4.69) is 66.8 Å². The van der Waals surface area contributed by atoms with Crippen LogP contribution in [0.5, 0.6) is 0 Å². The number of carbonyl (C=O) groups is 1. The highest BCUT2D eigenvalue weighted by Gasteiger charge is 2.40. The molecule has 0 spiro atoms. The molecule has 1 aliphatic heterocycles. The van der Waals surface area contributed by atoms with Gasteiger partial charge in [0.1, 0.15) is 6.29 Å². The summed E-state index contributed by atoms with van der Waals surface area (Å²) in [6.07, 6.45) is 11.3. The van der Waals surface area contributed by atoms with E-state index in [1.165, 1.54) is 0 Å². The maximum Gasteiger partial charge on any atom is 0.192 e. The molecule has 4 nitrogen and oxygen atoms in total. The summed E-state index contributed by atoms with van der Waals surface area (Å²) >= 11 is 0. The van der Waals surface area contributed by atoms with Gasteiger partial charge in [0.25, 0.3) is 0 Å². The molecule has 0 N–H and O–H groups in total. The van der Waals surface area contributed by atoms with E-state index >= 15 is 0 Å². The second kappa shape index (κ2) is 12.5. The Balaban J connectivity index is 2.85. The van der Waals surface area contributed by atoms with E-state index < -0.39 is 8.32 Å². The van der Waals surface area contributed by atoms with Gasteiger partial charge in [-0.25, -0.2) is 0 Å². The minimum Gasteiger partial charge on any atom is -0.410 e. The van der Waals surface area contributed by atoms with E-state index in [1.54, 1.807) is 7.11 Å². The predicted octanol–water partition coefficient (Wildman–Crippen LogP) is 6.55. The number of allylic oxidation sites excluding steroid dienone is 1. The Hall–Kier alpha value is -0.493. The van der Waals surface area contributed by atoms with Crippen LogP contribution < -0.4 is 0 Å². The highest BCUT2D eigenvalue weighted by Crippen LogP contribution is 2.39. The number of hydrogen-bond donors (Lipinski definition) is 0. The van der Waals surface area contributed by atoms with E-state index in [9.17, 15) is 4.79 Å². The first-order chi connectivity index (χ1) is 13.9. The molecule has 0 saturated carbocycles. The molecule has 30 heavy (non-hydrogen) atoms. The topological polar surface area (TPSA) is 44.8 Å². The quantitative estimate of drug-likeness (QED) is 0.196. The van der Waals surface area contributed by atoms with Gasteiger partial charge >= 0.3 is 0 Å². The van der Waals surface area contributed by atoms with Crippen molar-refractivity contribution >= 4 is 14.6 Å². The number of carbonyl (C=O) groups excluding carboxylic acids is 1. The van der Waals surface area contributed by atoms with Crippen LogP contribution in [0.15, 0.2) is 12.2 Å². The summed E-state index contributed by atoms with van der Waals surface area (Å²) in [5.74, 6) is 1.14. The molecule has 0 radical (unpaired) electrons. The molecule has 0 aromatic carbocycles. The molecule has 1 fully saturated rings. The van der Waals surface area contributed by atoms with Crippen molar-refractivity contribution < 1.29 is 18.7 Å². The molecule has 1 aliphatic rings. The molecule has 1 heterocycles. The van der Waals surface area contributed by atoms with Crippen molar-refractivity contribution in [1.29, 1.82) is 0 Å². The SMILES string of the molecule is CO[C@@H](CC=O)C[C@H]1O[C@H](C[C@H](/C=C/CC(C)C)O[Si](C)(C)C(C)(C)C)CC[C@@H]1C. The van der Waals surface area contributed by atoms with Gasteiger partial charge in [0.2, 0.25) is 0 Å². The molecule has 0 unspecified atom stereocenters. The van der Waals surface area contributed by atoms with Crippen LogP contribution in [0.2, 0.25) is 18.1 Å². The lowest BCUT2D eigenvalue weighted by Gasteiger charge is -2.41. The van der Waals surface area contributed by atoms with Gasteiger partial charge in [-0.15, -0.1) is 0 Å². The largest absolute Gasteiger partial charge is 0.410 e. The van der Waals surface area contributed by atoms with Gasteiger partial charge < -0.3 is 18.7 Å². The molecule has 1 saturated heterocycles. The van der Waals surface area contributed by atoms with Gasteiger partial charge in [0.05, 0.1) is 24.4 Å². The van der Waals surface area contributed by atoms with Gasteiger partial charge in [0, 0.05) is 26.4 Å². The summed E-state index contributed by atoms with van der Waals surface area (Å²) in [5, 5.41) is 0.183. The first-order valence-corrected chi connectivity index (χ1v) is 14.8. The van der Waals surface area contributed by atoms with Crippen LogP contribution in [0, 0.1) is 11.8 Å². The molecular formula is C25H48O4Si. The van der Waals surface area contributed by atoms with Gasteiger partial charge in [-0.05, 0) is 49.2 Å². The molecule has 0 bridgehead atoms. The Morgan fingerprint density at radius 1 is 1.13 bits per heavy atom. The summed E-state index contributed by atoms with van der Waals surface area (Å²) in [7, 11) is -0.186. The van der Waals surface area contributed by atoms with Crippen LogP contribution in [-0.2, 0) is 18.7 Å². The molecular weight excluding hydrogens is 392 g/mol. The summed E-state index contributed by atoms with van der Waals surface area (Å²) in [4.78, 5) is 10.9. The lowest BCUT2D eigenvalue weighted by Crippen LogP contribution is -2.45. The molecule has 5 heteroatoms. The van der Waals surface area contributed by atoms with Crippen molar-refractivity contribution in [1.82, 2.24) is 0 Å². The Bertz CT molecular complexity index is 524. The van der Waals surface area contributed by atoms with Crippen LogP contribution in [-0.4, -0.2) is 46.1 Å². The third-order valence-electron chi connectivity index (χ3n) is 6.84. The first kappa shape index (κ1) is 27.5. The van der Waals surface area contributed by atoms with Crippen LogP contribution in [0.3, 0.4) is 0 Å². The smallest absolute Gasteiger partial charge is 0.192 e. The molecule has 0 aliphatic carbocycles. The van der Waals surface area contributed by atoms with Crippen LogP contribution in [0.25, 0.3) is 0 Å². The number of ether oxygens (including phenoxy) is 2. The van der Waals surface area contributed by atoms with Crippen LogP contribution in [0.4, 0.5) is 0 Å². The van der Waals surface area contributed by atoms with E-state index in [0.717, 1.165) is 38.4 Å². The van der Waals surface area contributed by atoms with Gasteiger partial charge in [-0.1, -0.05) is 53.7 Å². The highest BCUT2D eigenvalue weighted by molar-refractivity contribution is 6.74. The first-order valence-electron chi connectivity index (χ1n) is 11.9. The zero-order chi connectivity index (χ0) is 22.9. The number of rotatable bonds is 12. The fourth-order valence-electron chi connectivity index (χ4n) is 3.68. The molecule has 0 aromatic heterocycles. The highest BCUT2D eigenvalue weighted by atomic mass is 28.4. The Labute approximate surface area is 187 Å². The maximum absolute atomic E-state index is 10.9. The molecule has 1 rings (SSSR count). The van der Waals surface area contributed by atoms with E-state index in [-0.39, 0.29) is 29.5 Å². The standard InChI is InChI=1S/C25H48O4Si/c1-19(2)11-10-12-23(29-30(8,9)25(4,5)6)17-22-14-13-20(3)24(28-22)18-21(27-7)15-16-26/h10,12,16,19-24H,11,13-15,17-18H2,1-9H3/b12-10+/t20-,21-,22-,23-,24+/m0/s1. The van der Waals surface area contributed by atoms with E-state index in [0.29, 0.717) is 18.3 Å². The predicted molar refractivity (Wildman–Crippen MR) is 128 cm³/mol. The summed E-state index contributed by atoms with van der Waals surface area (Å²) < 4.78 is 18.8. The molecule has 5 atom stereocenters. The maximum atomic E-state index is 10.9. The monoisotopic (exact) mass is 440 g/mol. The summed E-state index contributed by atoms with van der Waals surface area (Å²) in [6, 6.07) is 0. The van der Waals surface area contributed by atoms with Crippen molar-refractivity contribution in [3.8, 4) is 0 Å². The molecule has 176 valence electrons. The Kier molecular flexibility index (Phi) is 11.5. The van der Waals surface area contributed by atoms with Crippen molar-refractivity contribution in [2.45, 2.75) is 123 Å². The van der Waals surface area contributed by atoms with Crippen molar-refractivity contribution in [2.24, 2.45) is 11.8 Å². The second-order valence-corrected chi connectivity index (χ2v) is 15.8. The fraction of sp³-hybridized carbons (Fsp3) is 0.880. The summed E-state index contributed by atoms with van der Waals surface area (Å²) in [6.45, 7) is 18.3. The van der Waals surface area contributed by atoms with Crippen LogP contribution in [0.1, 0.15) is 80.1 Å². The van der Waals surface area contributed by atoms with Gasteiger partial charge in [0.15, 0.2) is 8.32 Å². The molecule has 0 aromatic rings. The Morgan fingerprint density at radius 2 is 1.80 bits per heavy atom. The third kappa shape index (κ3) is 9.33. The molecule has 0 amide bonds. The van der Waals surface area contributed by atoms with Crippen molar-refractivity contribution in [3.63, 3.8) is 0 Å². The van der Waals surface area contributed by atoms with E-state index in [1.807, 2.05) is 0 Å². The minimum atomic E-state index is -1.87. The zero-order valence-corrected chi connectivity index (χ0v) is 22.1.